The summed E-state index contributed by atoms with van der Waals surface area (Å²) in [5.74, 6) is -0.918. The molecular weight excluding hydrogens is 214 g/mol. The van der Waals surface area contributed by atoms with Gasteiger partial charge in [-0.2, -0.15) is 0 Å². The predicted molar refractivity (Wildman–Crippen MR) is 52.7 cm³/mol. The van der Waals surface area contributed by atoms with Gasteiger partial charge in [0.15, 0.2) is 0 Å². The molecule has 0 fully saturated rings. The number of hydrogen-bond donors (Lipinski definition) is 1. The molecule has 2 rings (SSSR count). The summed E-state index contributed by atoms with van der Waals surface area (Å²) >= 11 is 0. The lowest BCUT2D eigenvalue weighted by Crippen LogP contribution is -3.00. The Bertz CT molecular complexity index is 451. The van der Waals surface area contributed by atoms with Crippen molar-refractivity contribution in [2.45, 2.75) is 0 Å². The molecule has 1 aromatic carbocycles. The van der Waals surface area contributed by atoms with E-state index < -0.39 is 5.97 Å². The lowest BCUT2D eigenvalue weighted by molar-refractivity contribution is -0.0000184. The topological polar surface area (TPSA) is 42.2 Å². The average Bonchev–Trinajstić information content (AvgIpc) is 2.67. The third-order valence-electron chi connectivity index (χ3n) is 2.00. The quantitative estimate of drug-likeness (QED) is 0.722. The normalized spacial score (nSPS) is 9.33. The molecule has 0 bridgehead atoms. The molecule has 1 heterocycles. The molecule has 0 aliphatic heterocycles. The number of benzene rings is 1. The molecule has 3 nitrogen and oxygen atoms in total. The fraction of sp³-hybridized carbons (Fsp3) is 0. The van der Waals surface area contributed by atoms with Gasteiger partial charge in [-0.15, -0.1) is 0 Å². The molecule has 0 saturated carbocycles. The molecule has 1 N–H and O–H groups in total. The van der Waals surface area contributed by atoms with Crippen molar-refractivity contribution >= 4 is 5.97 Å². The number of carbonyl (C=O) groups is 1. The van der Waals surface area contributed by atoms with E-state index in [2.05, 4.69) is 0 Å². The molecule has 2 aromatic rings. The first-order valence-corrected chi connectivity index (χ1v) is 4.25. The van der Waals surface area contributed by atoms with Crippen molar-refractivity contribution in [2.24, 2.45) is 0 Å². The molecule has 0 aliphatic carbocycles. The van der Waals surface area contributed by atoms with Gasteiger partial charge in [0.05, 0.1) is 0 Å². The Morgan fingerprint density at radius 1 is 1.07 bits per heavy atom. The van der Waals surface area contributed by atoms with Crippen LogP contribution in [0, 0.1) is 0 Å². The molecule has 1 aromatic heterocycles. The van der Waals surface area contributed by atoms with Crippen molar-refractivity contribution in [3.05, 3.63) is 54.4 Å². The van der Waals surface area contributed by atoms with E-state index in [0.29, 0.717) is 0 Å². The molecule has 0 atom stereocenters. The summed E-state index contributed by atoms with van der Waals surface area (Å²) in [5, 5.41) is 8.90. The van der Waals surface area contributed by atoms with E-state index in [1.807, 2.05) is 30.3 Å². The summed E-state index contributed by atoms with van der Waals surface area (Å²) in [7, 11) is 0. The lowest BCUT2D eigenvalue weighted by Gasteiger charge is -2.04. The van der Waals surface area contributed by atoms with E-state index >= 15 is 0 Å². The number of rotatable bonds is 2. The van der Waals surface area contributed by atoms with Gasteiger partial charge in [-0.25, -0.2) is 4.79 Å². The first-order chi connectivity index (χ1) is 6.79. The highest BCUT2D eigenvalue weighted by molar-refractivity contribution is 5.86. The van der Waals surface area contributed by atoms with Crippen LogP contribution in [0.15, 0.2) is 48.7 Å². The standard InChI is InChI=1S/C11H9NO2.ClH/c13-11(14)10-7-4-8-12(10)9-5-2-1-3-6-9;/h1-8H,(H,13,14);1H/p-1. The summed E-state index contributed by atoms with van der Waals surface area (Å²) in [6.45, 7) is 0. The van der Waals surface area contributed by atoms with E-state index in [4.69, 9.17) is 5.11 Å². The first-order valence-electron chi connectivity index (χ1n) is 4.25. The predicted octanol–water partition coefficient (Wildman–Crippen LogP) is -0.821. The number of halogens is 1. The van der Waals surface area contributed by atoms with Gasteiger partial charge in [-0.05, 0) is 24.3 Å². The molecule has 0 amide bonds. The van der Waals surface area contributed by atoms with Gasteiger partial charge < -0.3 is 22.1 Å². The Labute approximate surface area is 93.4 Å². The molecule has 0 radical (unpaired) electrons. The second-order valence-electron chi connectivity index (χ2n) is 2.90. The number of aromatic nitrogens is 1. The maximum absolute atomic E-state index is 10.8. The van der Waals surface area contributed by atoms with Crippen LogP contribution < -0.4 is 12.4 Å². The summed E-state index contributed by atoms with van der Waals surface area (Å²) in [4.78, 5) is 10.8. The molecule has 15 heavy (non-hydrogen) atoms. The second-order valence-corrected chi connectivity index (χ2v) is 2.90. The van der Waals surface area contributed by atoms with Gasteiger partial charge in [0.1, 0.15) is 5.69 Å². The van der Waals surface area contributed by atoms with Crippen molar-refractivity contribution in [3.8, 4) is 5.69 Å². The molecule has 0 saturated heterocycles. The Hall–Kier alpha value is -1.74. The van der Waals surface area contributed by atoms with Crippen molar-refractivity contribution in [2.75, 3.05) is 0 Å². The van der Waals surface area contributed by atoms with E-state index in [-0.39, 0.29) is 18.1 Å². The average molecular weight is 223 g/mol. The zero-order valence-corrected chi connectivity index (χ0v) is 8.56. The second kappa shape index (κ2) is 4.66. The zero-order chi connectivity index (χ0) is 9.97. The number of aromatic carboxylic acids is 1. The van der Waals surface area contributed by atoms with Crippen LogP contribution in [0.1, 0.15) is 10.5 Å². The molecular formula is C11H9ClNO2-. The van der Waals surface area contributed by atoms with Crippen LogP contribution in [0.3, 0.4) is 0 Å². The van der Waals surface area contributed by atoms with Crippen molar-refractivity contribution in [3.63, 3.8) is 0 Å². The lowest BCUT2D eigenvalue weighted by atomic mass is 10.3. The number of carboxylic acid groups (broad SMARTS) is 1. The van der Waals surface area contributed by atoms with Crippen LogP contribution >= 0.6 is 0 Å². The molecule has 4 heteroatoms. The number of hydrogen-bond acceptors (Lipinski definition) is 1. The van der Waals surface area contributed by atoms with Gasteiger partial charge in [0, 0.05) is 11.9 Å². The van der Waals surface area contributed by atoms with E-state index in [1.54, 1.807) is 22.9 Å². The van der Waals surface area contributed by atoms with Crippen LogP contribution in [0.4, 0.5) is 0 Å². The maximum Gasteiger partial charge on any atom is 0.352 e. The molecule has 0 spiro atoms. The Balaban J connectivity index is 0.00000112. The summed E-state index contributed by atoms with van der Waals surface area (Å²) in [6.07, 6.45) is 1.73. The van der Waals surface area contributed by atoms with E-state index in [9.17, 15) is 4.79 Å². The Morgan fingerprint density at radius 2 is 1.73 bits per heavy atom. The monoisotopic (exact) mass is 222 g/mol. The van der Waals surface area contributed by atoms with Gasteiger partial charge >= 0.3 is 5.97 Å². The summed E-state index contributed by atoms with van der Waals surface area (Å²) < 4.78 is 1.64. The highest BCUT2D eigenvalue weighted by Gasteiger charge is 2.08. The van der Waals surface area contributed by atoms with Crippen LogP contribution in [0.25, 0.3) is 5.69 Å². The van der Waals surface area contributed by atoms with Gasteiger partial charge in [-0.1, -0.05) is 18.2 Å². The third kappa shape index (κ3) is 2.19. The highest BCUT2D eigenvalue weighted by Crippen LogP contribution is 2.11. The van der Waals surface area contributed by atoms with Crippen LogP contribution in [-0.4, -0.2) is 15.6 Å². The minimum absolute atomic E-state index is 0. The third-order valence-corrected chi connectivity index (χ3v) is 2.00. The number of para-hydroxylation sites is 1. The SMILES string of the molecule is O=C(O)c1cccn1-c1ccccc1.[Cl-]. The van der Waals surface area contributed by atoms with Crippen molar-refractivity contribution in [1.82, 2.24) is 4.57 Å². The Morgan fingerprint density at radius 3 is 2.33 bits per heavy atom. The zero-order valence-electron chi connectivity index (χ0n) is 7.80. The van der Waals surface area contributed by atoms with Crippen LogP contribution in [0.5, 0.6) is 0 Å². The number of nitrogens with zero attached hydrogens (tertiary/aromatic N) is 1. The maximum atomic E-state index is 10.8. The summed E-state index contributed by atoms with van der Waals surface area (Å²) in [5.41, 5.74) is 1.13. The van der Waals surface area contributed by atoms with E-state index in [0.717, 1.165) is 5.69 Å². The smallest absolute Gasteiger partial charge is 0.352 e. The number of carboxylic acids is 1. The minimum atomic E-state index is -0.918. The fourth-order valence-corrected chi connectivity index (χ4v) is 1.37. The van der Waals surface area contributed by atoms with Crippen molar-refractivity contribution in [1.29, 1.82) is 0 Å². The van der Waals surface area contributed by atoms with Crippen molar-refractivity contribution < 1.29 is 22.3 Å². The molecule has 0 aliphatic rings. The fourth-order valence-electron chi connectivity index (χ4n) is 1.37. The Kier molecular flexibility index (Phi) is 3.52. The van der Waals surface area contributed by atoms with Gasteiger partial charge in [0.25, 0.3) is 0 Å². The van der Waals surface area contributed by atoms with Crippen LogP contribution in [-0.2, 0) is 0 Å². The van der Waals surface area contributed by atoms with Gasteiger partial charge in [-0.3, -0.25) is 0 Å². The van der Waals surface area contributed by atoms with E-state index in [1.165, 1.54) is 0 Å². The summed E-state index contributed by atoms with van der Waals surface area (Å²) in [6, 6.07) is 12.7. The molecule has 0 unspecified atom stereocenters. The van der Waals surface area contributed by atoms with Crippen LogP contribution in [0.2, 0.25) is 0 Å². The first kappa shape index (κ1) is 11.3. The molecule has 78 valence electrons. The highest BCUT2D eigenvalue weighted by atomic mass is 35.5. The van der Waals surface area contributed by atoms with Gasteiger partial charge in [0.2, 0.25) is 0 Å². The largest absolute Gasteiger partial charge is 1.00 e. The minimum Gasteiger partial charge on any atom is -1.00 e.